The molecule has 0 spiro atoms. The third-order valence-electron chi connectivity index (χ3n) is 11.9. The number of rotatable bonds is 7. The Hall–Kier alpha value is -7.42. The van der Waals surface area contributed by atoms with Gasteiger partial charge in [0.05, 0.1) is 22.8 Å². The average Bonchev–Trinajstić information content (AvgIpc) is 3.64. The molecule has 9 aromatic carbocycles. The van der Waals surface area contributed by atoms with Crippen LogP contribution < -0.4 is 4.90 Å². The highest BCUT2D eigenvalue weighted by Gasteiger charge is 2.23. The number of fused-ring (bicyclic) bond motifs is 5. The molecule has 1 aliphatic carbocycles. The second kappa shape index (κ2) is 14.3. The van der Waals surface area contributed by atoms with Gasteiger partial charge in [0.15, 0.2) is 0 Å². The predicted octanol–water partition coefficient (Wildman–Crippen LogP) is 15.0. The smallest absolute Gasteiger partial charge is 0.0560 e. The number of benzene rings is 9. The fourth-order valence-corrected chi connectivity index (χ4v) is 9.18. The van der Waals surface area contributed by atoms with Gasteiger partial charge in [-0.05, 0) is 98.3 Å². The van der Waals surface area contributed by atoms with E-state index in [1.807, 2.05) is 0 Å². The zero-order chi connectivity index (χ0) is 38.4. The van der Waals surface area contributed by atoms with E-state index in [1.165, 1.54) is 93.8 Å². The van der Waals surface area contributed by atoms with Gasteiger partial charge in [-0.25, -0.2) is 0 Å². The molecular formula is C56H40N2. The summed E-state index contributed by atoms with van der Waals surface area (Å²) in [6.45, 7) is 0. The Bertz CT molecular complexity index is 3010. The van der Waals surface area contributed by atoms with E-state index >= 15 is 0 Å². The van der Waals surface area contributed by atoms with Crippen molar-refractivity contribution < 1.29 is 0 Å². The summed E-state index contributed by atoms with van der Waals surface area (Å²) in [5.74, 6) is 0. The molecule has 1 aliphatic rings. The van der Waals surface area contributed by atoms with Gasteiger partial charge in [-0.1, -0.05) is 182 Å². The normalized spacial score (nSPS) is 14.0. The predicted molar refractivity (Wildman–Crippen MR) is 247 cm³/mol. The fraction of sp³-hybridized carbons (Fsp3) is 0.0357. The number of hydrogen-bond acceptors (Lipinski definition) is 1. The van der Waals surface area contributed by atoms with Crippen molar-refractivity contribution in [2.45, 2.75) is 12.5 Å². The summed E-state index contributed by atoms with van der Waals surface area (Å²) in [7, 11) is 0. The highest BCUT2D eigenvalue weighted by atomic mass is 15.2. The molecule has 0 fully saturated rings. The van der Waals surface area contributed by atoms with Gasteiger partial charge in [0.2, 0.25) is 0 Å². The van der Waals surface area contributed by atoms with E-state index in [9.17, 15) is 0 Å². The lowest BCUT2D eigenvalue weighted by Crippen LogP contribution is -2.30. The summed E-state index contributed by atoms with van der Waals surface area (Å²) >= 11 is 0. The molecule has 0 radical (unpaired) electrons. The van der Waals surface area contributed by atoms with Gasteiger partial charge in [-0.2, -0.15) is 0 Å². The van der Waals surface area contributed by atoms with Crippen LogP contribution in [0.5, 0.6) is 0 Å². The molecule has 2 nitrogen and oxygen atoms in total. The van der Waals surface area contributed by atoms with Crippen molar-refractivity contribution >= 4 is 60.3 Å². The van der Waals surface area contributed by atoms with Crippen LogP contribution in [-0.4, -0.2) is 10.6 Å². The first-order chi connectivity index (χ1) is 28.8. The molecule has 1 atom stereocenters. The molecule has 1 heterocycles. The summed E-state index contributed by atoms with van der Waals surface area (Å²) in [6, 6.07) is 75.2. The standard InChI is InChI=1S/C56H40N2/c1-3-17-47-39(13-1)15-11-22-49(47)41-27-33-44(34-28-41)57(45-35-29-42(30-36-45)50-23-12-16-40-14-2-4-18-48(40)50)46-37-31-43(32-38-46)51-19-5-8-24-54(51)58-55-25-9-6-20-52(55)53-21-7-10-26-56(53)58/h1-37,46H,38H2. The van der Waals surface area contributed by atoms with Gasteiger partial charge in [0.1, 0.15) is 0 Å². The Balaban J connectivity index is 0.975. The largest absolute Gasteiger partial charge is 0.334 e. The Morgan fingerprint density at radius 3 is 1.38 bits per heavy atom. The van der Waals surface area contributed by atoms with Gasteiger partial charge in [0.25, 0.3) is 0 Å². The van der Waals surface area contributed by atoms with Crippen molar-refractivity contribution in [3.05, 3.63) is 230 Å². The van der Waals surface area contributed by atoms with E-state index in [2.05, 4.69) is 234 Å². The van der Waals surface area contributed by atoms with Gasteiger partial charge < -0.3 is 9.47 Å². The van der Waals surface area contributed by atoms with Crippen LogP contribution in [0.1, 0.15) is 12.0 Å². The molecule has 11 rings (SSSR count). The molecule has 1 aromatic heterocycles. The van der Waals surface area contributed by atoms with Gasteiger partial charge in [-0.15, -0.1) is 0 Å². The van der Waals surface area contributed by atoms with Crippen LogP contribution in [0.3, 0.4) is 0 Å². The minimum atomic E-state index is 0.121. The topological polar surface area (TPSA) is 8.17 Å². The first-order valence-electron chi connectivity index (χ1n) is 20.2. The summed E-state index contributed by atoms with van der Waals surface area (Å²) in [5.41, 5.74) is 13.4. The third-order valence-corrected chi connectivity index (χ3v) is 11.9. The SMILES string of the molecule is C1=CC(N(c2ccc(-c3cccc4ccccc34)cc2)c2ccc(-c3cccc4ccccc34)cc2)CC=C1c1ccccc1-n1c2ccccc2c2ccccc21. The van der Waals surface area contributed by atoms with E-state index in [-0.39, 0.29) is 6.04 Å². The summed E-state index contributed by atoms with van der Waals surface area (Å²) in [5, 5.41) is 7.60. The number of nitrogens with zero attached hydrogens (tertiary/aromatic N) is 2. The summed E-state index contributed by atoms with van der Waals surface area (Å²) < 4.78 is 2.43. The van der Waals surface area contributed by atoms with Crippen LogP contribution >= 0.6 is 0 Å². The Kier molecular flexibility index (Phi) is 8.33. The third kappa shape index (κ3) is 5.81. The first-order valence-corrected chi connectivity index (χ1v) is 20.2. The zero-order valence-electron chi connectivity index (χ0n) is 32.0. The number of allylic oxidation sites excluding steroid dienone is 2. The van der Waals surface area contributed by atoms with Crippen LogP contribution in [0.15, 0.2) is 224 Å². The maximum absolute atomic E-state index is 2.50. The molecule has 0 bridgehead atoms. The molecule has 0 aliphatic heterocycles. The maximum Gasteiger partial charge on any atom is 0.0560 e. The molecule has 0 N–H and O–H groups in total. The lowest BCUT2D eigenvalue weighted by molar-refractivity contribution is 0.787. The summed E-state index contributed by atoms with van der Waals surface area (Å²) in [6.07, 6.45) is 8.03. The van der Waals surface area contributed by atoms with Crippen molar-refractivity contribution in [2.24, 2.45) is 0 Å². The van der Waals surface area contributed by atoms with Crippen LogP contribution in [-0.2, 0) is 0 Å². The molecule has 0 saturated carbocycles. The van der Waals surface area contributed by atoms with Gasteiger partial charge >= 0.3 is 0 Å². The first kappa shape index (κ1) is 33.9. The van der Waals surface area contributed by atoms with E-state index < -0.39 is 0 Å². The minimum Gasteiger partial charge on any atom is -0.334 e. The van der Waals surface area contributed by atoms with Crippen molar-refractivity contribution in [1.82, 2.24) is 4.57 Å². The van der Waals surface area contributed by atoms with Gasteiger partial charge in [-0.3, -0.25) is 0 Å². The van der Waals surface area contributed by atoms with Crippen LogP contribution in [0.25, 0.3) is 76.9 Å². The molecule has 1 unspecified atom stereocenters. The highest BCUT2D eigenvalue weighted by Crippen LogP contribution is 2.40. The van der Waals surface area contributed by atoms with Crippen molar-refractivity contribution in [3.63, 3.8) is 0 Å². The fourth-order valence-electron chi connectivity index (χ4n) is 9.18. The molecule has 58 heavy (non-hydrogen) atoms. The second-order valence-electron chi connectivity index (χ2n) is 15.2. The second-order valence-corrected chi connectivity index (χ2v) is 15.2. The Morgan fingerprint density at radius 1 is 0.397 bits per heavy atom. The van der Waals surface area contributed by atoms with E-state index in [0.29, 0.717) is 0 Å². The monoisotopic (exact) mass is 740 g/mol. The molecular weight excluding hydrogens is 701 g/mol. The lowest BCUT2D eigenvalue weighted by Gasteiger charge is -2.33. The lowest BCUT2D eigenvalue weighted by atomic mass is 9.93. The molecule has 274 valence electrons. The van der Waals surface area contributed by atoms with Crippen LogP contribution in [0, 0.1) is 0 Å². The van der Waals surface area contributed by atoms with Crippen molar-refractivity contribution in [2.75, 3.05) is 4.90 Å². The quantitative estimate of drug-likeness (QED) is 0.158. The van der Waals surface area contributed by atoms with Crippen molar-refractivity contribution in [3.8, 4) is 27.9 Å². The number of para-hydroxylation sites is 3. The highest BCUT2D eigenvalue weighted by molar-refractivity contribution is 6.09. The van der Waals surface area contributed by atoms with Crippen LogP contribution in [0.2, 0.25) is 0 Å². The van der Waals surface area contributed by atoms with Crippen LogP contribution in [0.4, 0.5) is 11.4 Å². The minimum absolute atomic E-state index is 0.121. The molecule has 0 saturated heterocycles. The molecule has 2 heteroatoms. The van der Waals surface area contributed by atoms with Gasteiger partial charge in [0, 0.05) is 27.7 Å². The number of hydrogen-bond donors (Lipinski definition) is 0. The Labute approximate surface area is 338 Å². The number of aromatic nitrogens is 1. The van der Waals surface area contributed by atoms with E-state index in [4.69, 9.17) is 0 Å². The maximum atomic E-state index is 2.50. The Morgan fingerprint density at radius 2 is 0.845 bits per heavy atom. The van der Waals surface area contributed by atoms with E-state index in [1.54, 1.807) is 0 Å². The average molecular weight is 741 g/mol. The van der Waals surface area contributed by atoms with Crippen molar-refractivity contribution in [1.29, 1.82) is 0 Å². The number of anilines is 2. The van der Waals surface area contributed by atoms with E-state index in [0.717, 1.165) is 6.42 Å². The zero-order valence-corrected chi connectivity index (χ0v) is 32.0. The molecule has 0 amide bonds. The molecule has 10 aromatic rings. The summed E-state index contributed by atoms with van der Waals surface area (Å²) in [4.78, 5) is 2.50.